The Balaban J connectivity index is 1.61. The molecule has 3 aliphatic rings. The lowest BCUT2D eigenvalue weighted by Gasteiger charge is -2.20. The number of nitrogens with zero attached hydrogens (tertiary/aromatic N) is 3. The van der Waals surface area contributed by atoms with Gasteiger partial charge in [0, 0.05) is 26.2 Å². The van der Waals surface area contributed by atoms with Crippen LogP contribution in [-0.4, -0.2) is 36.8 Å². The summed E-state index contributed by atoms with van der Waals surface area (Å²) in [7, 11) is 0. The first kappa shape index (κ1) is 12.7. The molecule has 2 heterocycles. The summed E-state index contributed by atoms with van der Waals surface area (Å²) in [5.41, 5.74) is 3.93. The maximum absolute atomic E-state index is 9.41. The van der Waals surface area contributed by atoms with Crippen LogP contribution >= 0.6 is 0 Å². The molecule has 3 rings (SSSR count). The fraction of sp³-hybridized carbons (Fsp3) is 0.733. The van der Waals surface area contributed by atoms with Gasteiger partial charge in [-0.3, -0.25) is 0 Å². The van der Waals surface area contributed by atoms with Crippen molar-refractivity contribution in [3.05, 3.63) is 12.2 Å². The predicted molar refractivity (Wildman–Crippen MR) is 75.6 cm³/mol. The minimum absolute atomic E-state index is 0.0966. The van der Waals surface area contributed by atoms with Crippen LogP contribution in [0.4, 0.5) is 0 Å². The van der Waals surface area contributed by atoms with Gasteiger partial charge >= 0.3 is 0 Å². The van der Waals surface area contributed by atoms with Crippen molar-refractivity contribution in [2.24, 2.45) is 22.9 Å². The quantitative estimate of drug-likeness (QED) is 0.839. The second-order valence-electron chi connectivity index (χ2n) is 5.99. The average Bonchev–Trinajstić information content (AvgIpc) is 2.87. The molecule has 4 nitrogen and oxygen atoms in total. The molecule has 102 valence electrons. The Morgan fingerprint density at radius 1 is 1.42 bits per heavy atom. The van der Waals surface area contributed by atoms with E-state index in [4.69, 9.17) is 0 Å². The Kier molecular flexibility index (Phi) is 3.84. The topological polar surface area (TPSA) is 51.4 Å². The number of nitrogens with one attached hydrogen (secondary N) is 1. The SMILES string of the molecule is N#CC(CN1CC2CCCC2C1)C1=NNCCC=C1. The largest absolute Gasteiger partial charge is 0.309 e. The van der Waals surface area contributed by atoms with Gasteiger partial charge in [0.05, 0.1) is 11.8 Å². The molecule has 1 saturated heterocycles. The van der Waals surface area contributed by atoms with E-state index in [1.54, 1.807) is 0 Å². The Labute approximate surface area is 115 Å². The fourth-order valence-corrected chi connectivity index (χ4v) is 3.67. The molecule has 3 unspecified atom stereocenters. The Morgan fingerprint density at radius 2 is 2.21 bits per heavy atom. The molecule has 0 amide bonds. The van der Waals surface area contributed by atoms with E-state index in [0.717, 1.165) is 37.1 Å². The Bertz CT molecular complexity index is 408. The third kappa shape index (κ3) is 2.82. The van der Waals surface area contributed by atoms with Crippen molar-refractivity contribution in [1.82, 2.24) is 10.3 Å². The van der Waals surface area contributed by atoms with Crippen molar-refractivity contribution in [2.75, 3.05) is 26.2 Å². The van der Waals surface area contributed by atoms with Gasteiger partial charge in [-0.2, -0.15) is 10.4 Å². The molecule has 0 spiro atoms. The lowest BCUT2D eigenvalue weighted by Crippen LogP contribution is -2.31. The number of fused-ring (bicyclic) bond motifs is 1. The van der Waals surface area contributed by atoms with E-state index in [1.165, 1.54) is 32.4 Å². The maximum atomic E-state index is 9.41. The van der Waals surface area contributed by atoms with E-state index in [2.05, 4.69) is 27.6 Å². The first-order valence-corrected chi connectivity index (χ1v) is 7.46. The normalized spacial score (nSPS) is 32.1. The van der Waals surface area contributed by atoms with Gasteiger partial charge in [-0.15, -0.1) is 0 Å². The average molecular weight is 258 g/mol. The van der Waals surface area contributed by atoms with Gasteiger partial charge in [-0.05, 0) is 37.2 Å². The zero-order chi connectivity index (χ0) is 13.1. The second-order valence-corrected chi connectivity index (χ2v) is 5.99. The highest BCUT2D eigenvalue weighted by Gasteiger charge is 2.36. The van der Waals surface area contributed by atoms with E-state index in [1.807, 2.05) is 6.08 Å². The van der Waals surface area contributed by atoms with E-state index in [-0.39, 0.29) is 5.92 Å². The highest BCUT2D eigenvalue weighted by Crippen LogP contribution is 2.37. The molecule has 3 atom stereocenters. The summed E-state index contributed by atoms with van der Waals surface area (Å²) in [4.78, 5) is 2.48. The van der Waals surface area contributed by atoms with Crippen LogP contribution in [0.25, 0.3) is 0 Å². The van der Waals surface area contributed by atoms with Gasteiger partial charge in [0.2, 0.25) is 0 Å². The maximum Gasteiger partial charge on any atom is 0.103 e. The molecule has 4 heteroatoms. The van der Waals surface area contributed by atoms with E-state index >= 15 is 0 Å². The first-order chi connectivity index (χ1) is 9.36. The number of hydrogen-bond acceptors (Lipinski definition) is 4. The standard InChI is InChI=1S/C15H22N4/c16-8-14(15-6-1-2-7-17-18-15)11-19-9-12-4-3-5-13(12)10-19/h1,6,12-14,17H,2-5,7,9-11H2. The molecule has 0 aromatic rings. The van der Waals surface area contributed by atoms with Crippen LogP contribution in [-0.2, 0) is 0 Å². The molecule has 0 radical (unpaired) electrons. The van der Waals surface area contributed by atoms with Crippen LogP contribution in [0.5, 0.6) is 0 Å². The number of hydrogen-bond donors (Lipinski definition) is 1. The van der Waals surface area contributed by atoms with Gasteiger partial charge in [0.1, 0.15) is 5.92 Å². The highest BCUT2D eigenvalue weighted by molar-refractivity contribution is 5.98. The summed E-state index contributed by atoms with van der Waals surface area (Å²) in [5.74, 6) is 1.69. The smallest absolute Gasteiger partial charge is 0.103 e. The van der Waals surface area contributed by atoms with E-state index < -0.39 is 0 Å². The Morgan fingerprint density at radius 3 is 2.95 bits per heavy atom. The summed E-state index contributed by atoms with van der Waals surface area (Å²) in [6, 6.07) is 2.43. The summed E-state index contributed by atoms with van der Waals surface area (Å²) in [5, 5.41) is 13.8. The molecule has 0 aromatic heterocycles. The van der Waals surface area contributed by atoms with Gasteiger partial charge in [0.25, 0.3) is 0 Å². The molecular formula is C15H22N4. The van der Waals surface area contributed by atoms with Gasteiger partial charge < -0.3 is 10.3 Å². The van der Waals surface area contributed by atoms with Crippen LogP contribution in [0.2, 0.25) is 0 Å². The third-order valence-electron chi connectivity index (χ3n) is 4.68. The second kappa shape index (κ2) is 5.75. The van der Waals surface area contributed by atoms with Crippen molar-refractivity contribution in [3.63, 3.8) is 0 Å². The molecule has 2 aliphatic heterocycles. The molecule has 1 N–H and O–H groups in total. The van der Waals surface area contributed by atoms with E-state index in [9.17, 15) is 5.26 Å². The summed E-state index contributed by atoms with van der Waals surface area (Å²) in [6.07, 6.45) is 9.30. The first-order valence-electron chi connectivity index (χ1n) is 7.46. The molecular weight excluding hydrogens is 236 g/mol. The number of rotatable bonds is 3. The van der Waals surface area contributed by atoms with Crippen LogP contribution in [0, 0.1) is 29.1 Å². The molecule has 0 aromatic carbocycles. The lowest BCUT2D eigenvalue weighted by atomic mass is 10.0. The fourth-order valence-electron chi connectivity index (χ4n) is 3.67. The molecule has 0 bridgehead atoms. The van der Waals surface area contributed by atoms with Crippen molar-refractivity contribution in [1.29, 1.82) is 5.26 Å². The lowest BCUT2D eigenvalue weighted by molar-refractivity contribution is 0.303. The predicted octanol–water partition coefficient (Wildman–Crippen LogP) is 1.76. The minimum Gasteiger partial charge on any atom is -0.309 e. The highest BCUT2D eigenvalue weighted by atomic mass is 15.3. The summed E-state index contributed by atoms with van der Waals surface area (Å²) < 4.78 is 0. The van der Waals surface area contributed by atoms with Crippen LogP contribution in [0.3, 0.4) is 0 Å². The van der Waals surface area contributed by atoms with Gasteiger partial charge in [0.15, 0.2) is 0 Å². The molecule has 19 heavy (non-hydrogen) atoms. The van der Waals surface area contributed by atoms with Crippen LogP contribution < -0.4 is 5.43 Å². The monoisotopic (exact) mass is 258 g/mol. The van der Waals surface area contributed by atoms with Crippen molar-refractivity contribution >= 4 is 5.71 Å². The van der Waals surface area contributed by atoms with Crippen molar-refractivity contribution in [2.45, 2.75) is 25.7 Å². The van der Waals surface area contributed by atoms with Gasteiger partial charge in [-0.1, -0.05) is 12.5 Å². The number of hydrazone groups is 1. The van der Waals surface area contributed by atoms with Crippen LogP contribution in [0.15, 0.2) is 17.3 Å². The Hall–Kier alpha value is -1.34. The summed E-state index contributed by atoms with van der Waals surface area (Å²) >= 11 is 0. The van der Waals surface area contributed by atoms with Crippen molar-refractivity contribution in [3.8, 4) is 6.07 Å². The number of nitriles is 1. The number of likely N-dealkylation sites (tertiary alicyclic amines) is 1. The molecule has 1 aliphatic carbocycles. The third-order valence-corrected chi connectivity index (χ3v) is 4.68. The molecule has 2 fully saturated rings. The molecule has 1 saturated carbocycles. The summed E-state index contributed by atoms with van der Waals surface area (Å²) in [6.45, 7) is 4.08. The zero-order valence-corrected chi connectivity index (χ0v) is 11.4. The van der Waals surface area contributed by atoms with E-state index in [0.29, 0.717) is 0 Å². The van der Waals surface area contributed by atoms with Crippen molar-refractivity contribution < 1.29 is 0 Å². The zero-order valence-electron chi connectivity index (χ0n) is 11.4. The minimum atomic E-state index is -0.0966. The van der Waals surface area contributed by atoms with Crippen LogP contribution in [0.1, 0.15) is 25.7 Å². The number of allylic oxidation sites excluding steroid dienone is 1. The van der Waals surface area contributed by atoms with Gasteiger partial charge in [-0.25, -0.2) is 0 Å².